The molecule has 3 heterocycles. The van der Waals surface area contributed by atoms with E-state index in [1.165, 1.54) is 0 Å². The molecule has 0 unspecified atom stereocenters. The number of carbonyl (C=O) groups excluding carboxylic acids is 1. The van der Waals surface area contributed by atoms with Crippen LogP contribution in [-0.4, -0.2) is 52.2 Å². The van der Waals surface area contributed by atoms with Crippen molar-refractivity contribution >= 4 is 17.0 Å². The molecule has 0 radical (unpaired) electrons. The topological polar surface area (TPSA) is 107 Å². The van der Waals surface area contributed by atoms with Crippen LogP contribution < -0.4 is 5.73 Å². The molecule has 0 spiro atoms. The highest BCUT2D eigenvalue weighted by molar-refractivity contribution is 6.04. The lowest BCUT2D eigenvalue weighted by molar-refractivity contribution is 0.0331. The number of rotatable bonds is 4. The van der Waals surface area contributed by atoms with Crippen molar-refractivity contribution < 1.29 is 14.1 Å². The number of amides is 1. The molecule has 1 amide bonds. The van der Waals surface area contributed by atoms with Gasteiger partial charge >= 0.3 is 0 Å². The number of aromatic nitrogens is 3. The summed E-state index contributed by atoms with van der Waals surface area (Å²) in [4.78, 5) is 23.0. The third-order valence-electron chi connectivity index (χ3n) is 4.11. The van der Waals surface area contributed by atoms with Crippen LogP contribution in [0.3, 0.4) is 0 Å². The molecule has 0 aliphatic carbocycles. The molecule has 25 heavy (non-hydrogen) atoms. The van der Waals surface area contributed by atoms with Crippen molar-refractivity contribution in [2.45, 2.75) is 6.54 Å². The lowest BCUT2D eigenvalue weighted by Crippen LogP contribution is -2.36. The van der Waals surface area contributed by atoms with Gasteiger partial charge in [-0.25, -0.2) is 9.97 Å². The van der Waals surface area contributed by atoms with Crippen LogP contribution in [0.25, 0.3) is 22.4 Å². The van der Waals surface area contributed by atoms with Gasteiger partial charge in [-0.1, -0.05) is 35.5 Å². The van der Waals surface area contributed by atoms with Crippen LogP contribution in [0.1, 0.15) is 16.3 Å². The first-order valence-electron chi connectivity index (χ1n) is 8.04. The van der Waals surface area contributed by atoms with E-state index in [1.807, 2.05) is 30.3 Å². The molecule has 128 valence electrons. The maximum Gasteiger partial charge on any atom is 0.273 e. The fourth-order valence-corrected chi connectivity index (χ4v) is 2.86. The Hall–Kier alpha value is -2.84. The molecule has 8 heteroatoms. The minimum Gasteiger partial charge on any atom is -0.379 e. The fraction of sp³-hybridized carbons (Fsp3) is 0.294. The van der Waals surface area contributed by atoms with E-state index >= 15 is 0 Å². The molecule has 1 saturated heterocycles. The Balaban J connectivity index is 1.82. The number of morpholine rings is 1. The van der Waals surface area contributed by atoms with Crippen LogP contribution in [0.2, 0.25) is 0 Å². The monoisotopic (exact) mass is 339 g/mol. The highest BCUT2D eigenvalue weighted by Gasteiger charge is 2.22. The molecular weight excluding hydrogens is 322 g/mol. The number of nitrogens with two attached hydrogens (primary N) is 1. The molecule has 0 bridgehead atoms. The molecule has 2 N–H and O–H groups in total. The summed E-state index contributed by atoms with van der Waals surface area (Å²) in [5.74, 6) is -0.0762. The lowest BCUT2D eigenvalue weighted by atomic mass is 10.1. The van der Waals surface area contributed by atoms with E-state index in [1.54, 1.807) is 0 Å². The predicted molar refractivity (Wildman–Crippen MR) is 89.6 cm³/mol. The van der Waals surface area contributed by atoms with E-state index in [9.17, 15) is 4.79 Å². The standard InChI is InChI=1S/C17H17N5O3/c18-17(23)15-14-16(25-21-15)13(11-4-2-1-3-5-11)19-12(20-14)10-22-6-8-24-9-7-22/h1-5H,6-10H2,(H2,18,23). The Bertz CT molecular complexity index is 903. The van der Waals surface area contributed by atoms with Crippen LogP contribution in [0.4, 0.5) is 0 Å². The van der Waals surface area contributed by atoms with Gasteiger partial charge in [-0.05, 0) is 0 Å². The number of hydrogen-bond donors (Lipinski definition) is 1. The molecule has 1 aliphatic heterocycles. The van der Waals surface area contributed by atoms with Crippen molar-refractivity contribution in [1.82, 2.24) is 20.0 Å². The van der Waals surface area contributed by atoms with Gasteiger partial charge in [0.15, 0.2) is 5.69 Å². The minimum absolute atomic E-state index is 0.0257. The lowest BCUT2D eigenvalue weighted by Gasteiger charge is -2.25. The maximum atomic E-state index is 11.6. The van der Waals surface area contributed by atoms with Crippen molar-refractivity contribution in [2.24, 2.45) is 5.73 Å². The van der Waals surface area contributed by atoms with Crippen molar-refractivity contribution in [3.8, 4) is 11.3 Å². The van der Waals surface area contributed by atoms with E-state index in [4.69, 9.17) is 15.0 Å². The van der Waals surface area contributed by atoms with Crippen molar-refractivity contribution in [2.75, 3.05) is 26.3 Å². The quantitative estimate of drug-likeness (QED) is 0.761. The van der Waals surface area contributed by atoms with E-state index in [0.717, 1.165) is 18.7 Å². The first-order valence-corrected chi connectivity index (χ1v) is 8.04. The smallest absolute Gasteiger partial charge is 0.273 e. The number of carbonyl (C=O) groups is 1. The zero-order valence-electron chi connectivity index (χ0n) is 13.5. The van der Waals surface area contributed by atoms with E-state index in [-0.39, 0.29) is 5.69 Å². The normalized spacial score (nSPS) is 15.5. The molecule has 2 aromatic heterocycles. The van der Waals surface area contributed by atoms with Crippen molar-refractivity contribution in [3.05, 3.63) is 41.9 Å². The summed E-state index contributed by atoms with van der Waals surface area (Å²) in [6.45, 7) is 3.56. The Morgan fingerprint density at radius 1 is 1.16 bits per heavy atom. The van der Waals surface area contributed by atoms with E-state index < -0.39 is 5.91 Å². The first-order chi connectivity index (χ1) is 12.2. The molecule has 8 nitrogen and oxygen atoms in total. The van der Waals surface area contributed by atoms with Crippen LogP contribution in [-0.2, 0) is 11.3 Å². The third-order valence-corrected chi connectivity index (χ3v) is 4.11. The van der Waals surface area contributed by atoms with Gasteiger partial charge in [0.2, 0.25) is 5.58 Å². The minimum atomic E-state index is -0.672. The van der Waals surface area contributed by atoms with Crippen LogP contribution in [0, 0.1) is 0 Å². The van der Waals surface area contributed by atoms with Gasteiger partial charge in [-0.3, -0.25) is 9.69 Å². The maximum absolute atomic E-state index is 11.6. The summed E-state index contributed by atoms with van der Waals surface area (Å²) in [7, 11) is 0. The Labute approximate surface area is 143 Å². The highest BCUT2D eigenvalue weighted by Crippen LogP contribution is 2.28. The fourth-order valence-electron chi connectivity index (χ4n) is 2.86. The Morgan fingerprint density at radius 2 is 1.92 bits per heavy atom. The zero-order valence-corrected chi connectivity index (χ0v) is 13.5. The van der Waals surface area contributed by atoms with Gasteiger partial charge in [-0.15, -0.1) is 0 Å². The number of nitrogens with zero attached hydrogens (tertiary/aromatic N) is 4. The van der Waals surface area contributed by atoms with Gasteiger partial charge in [-0.2, -0.15) is 0 Å². The second-order valence-electron chi connectivity index (χ2n) is 5.82. The molecule has 1 aliphatic rings. The number of ether oxygens (including phenoxy) is 1. The predicted octanol–water partition coefficient (Wildman–Crippen LogP) is 1.22. The van der Waals surface area contributed by atoms with Crippen molar-refractivity contribution in [1.29, 1.82) is 0 Å². The molecule has 1 fully saturated rings. The first kappa shape index (κ1) is 15.7. The molecule has 0 atom stereocenters. The number of hydrogen-bond acceptors (Lipinski definition) is 7. The summed E-state index contributed by atoms with van der Waals surface area (Å²) >= 11 is 0. The molecule has 3 aromatic rings. The second-order valence-corrected chi connectivity index (χ2v) is 5.82. The van der Waals surface area contributed by atoms with Crippen molar-refractivity contribution in [3.63, 3.8) is 0 Å². The molecule has 0 saturated carbocycles. The second kappa shape index (κ2) is 6.58. The summed E-state index contributed by atoms with van der Waals surface area (Å²) in [6.07, 6.45) is 0. The summed E-state index contributed by atoms with van der Waals surface area (Å²) in [5.41, 5.74) is 7.61. The number of fused-ring (bicyclic) bond motifs is 1. The molecular formula is C17H17N5O3. The van der Waals surface area contributed by atoms with E-state index in [2.05, 4.69) is 20.0 Å². The highest BCUT2D eigenvalue weighted by atomic mass is 16.5. The average Bonchev–Trinajstić information content (AvgIpc) is 3.07. The Kier molecular flexibility index (Phi) is 4.12. The van der Waals surface area contributed by atoms with Crippen LogP contribution in [0.5, 0.6) is 0 Å². The van der Waals surface area contributed by atoms with Gasteiger partial charge in [0.1, 0.15) is 17.0 Å². The van der Waals surface area contributed by atoms with E-state index in [0.29, 0.717) is 42.4 Å². The zero-order chi connectivity index (χ0) is 17.2. The van der Waals surface area contributed by atoms with Gasteiger partial charge in [0.25, 0.3) is 5.91 Å². The SMILES string of the molecule is NC(=O)c1noc2c(-c3ccccc3)nc(CN3CCOCC3)nc12. The molecule has 4 rings (SSSR count). The summed E-state index contributed by atoms with van der Waals surface area (Å²) < 4.78 is 10.7. The van der Waals surface area contributed by atoms with Crippen LogP contribution in [0.15, 0.2) is 34.9 Å². The molecule has 1 aromatic carbocycles. The Morgan fingerprint density at radius 3 is 2.64 bits per heavy atom. The number of benzene rings is 1. The summed E-state index contributed by atoms with van der Waals surface area (Å²) in [6, 6.07) is 9.60. The van der Waals surface area contributed by atoms with Gasteiger partial charge < -0.3 is 15.0 Å². The third kappa shape index (κ3) is 3.09. The number of primary amides is 1. The van der Waals surface area contributed by atoms with Gasteiger partial charge in [0, 0.05) is 18.7 Å². The van der Waals surface area contributed by atoms with Gasteiger partial charge in [0.05, 0.1) is 19.8 Å². The average molecular weight is 339 g/mol. The summed E-state index contributed by atoms with van der Waals surface area (Å²) in [5, 5.41) is 3.78. The largest absolute Gasteiger partial charge is 0.379 e. The van der Waals surface area contributed by atoms with Crippen LogP contribution >= 0.6 is 0 Å².